The van der Waals surface area contributed by atoms with Crippen LogP contribution in [0.25, 0.3) is 0 Å². The molecule has 0 aliphatic carbocycles. The number of ether oxygens (including phenoxy) is 1. The van der Waals surface area contributed by atoms with Crippen LogP contribution in [0.15, 0.2) is 35.1 Å². The van der Waals surface area contributed by atoms with Gasteiger partial charge in [-0.2, -0.15) is 4.31 Å². The molecule has 2 heterocycles. The molecule has 0 aromatic carbocycles. The van der Waals surface area contributed by atoms with E-state index in [9.17, 15) is 22.7 Å². The van der Waals surface area contributed by atoms with Gasteiger partial charge in [0.15, 0.2) is 0 Å². The molecule has 0 atom stereocenters. The molecular weight excluding hydrogens is 363 g/mol. The normalized spacial score (nSPS) is 18.5. The predicted molar refractivity (Wildman–Crippen MR) is 92.9 cm³/mol. The van der Waals surface area contributed by atoms with Gasteiger partial charge in [0.05, 0.1) is 17.9 Å². The van der Waals surface area contributed by atoms with Crippen molar-refractivity contribution < 1.29 is 27.4 Å². The van der Waals surface area contributed by atoms with Gasteiger partial charge in [-0.1, -0.05) is 6.92 Å². The smallest absolute Gasteiger partial charge is 0.309 e. The molecule has 1 saturated heterocycles. The van der Waals surface area contributed by atoms with E-state index in [1.54, 1.807) is 13.8 Å². The Bertz CT molecular complexity index is 769. The Hall–Kier alpha value is -2.00. The van der Waals surface area contributed by atoms with Crippen LogP contribution in [0.1, 0.15) is 33.1 Å². The largest absolute Gasteiger partial charge is 0.481 e. The first kappa shape index (κ1) is 20.3. The lowest BCUT2D eigenvalue weighted by molar-refractivity contribution is -0.150. The summed E-state index contributed by atoms with van der Waals surface area (Å²) in [6.45, 7) is 3.76. The van der Waals surface area contributed by atoms with E-state index >= 15 is 0 Å². The molecule has 0 amide bonds. The number of carbonyl (C=O) groups is 1. The van der Waals surface area contributed by atoms with E-state index in [-0.39, 0.29) is 43.3 Å². The number of hydrogen-bond acceptors (Lipinski definition) is 5. The summed E-state index contributed by atoms with van der Waals surface area (Å²) in [5, 5.41) is 9.24. The molecule has 1 N–H and O–H groups in total. The number of aromatic nitrogens is 1. The van der Waals surface area contributed by atoms with Gasteiger partial charge in [-0.25, -0.2) is 17.8 Å². The summed E-state index contributed by atoms with van der Waals surface area (Å²) in [5.74, 6) is -0.708. The molecule has 1 aliphatic rings. The molecule has 2 rings (SSSR count). The zero-order chi connectivity index (χ0) is 19.4. The zero-order valence-electron chi connectivity index (χ0n) is 14.8. The molecule has 0 spiro atoms. The minimum absolute atomic E-state index is 0.0144. The van der Waals surface area contributed by atoms with Crippen molar-refractivity contribution >= 4 is 16.0 Å². The molecule has 26 heavy (non-hydrogen) atoms. The number of piperidine rings is 1. The van der Waals surface area contributed by atoms with Crippen molar-refractivity contribution in [1.82, 2.24) is 9.29 Å². The third-order valence-electron chi connectivity index (χ3n) is 4.70. The monoisotopic (exact) mass is 386 g/mol. The molecule has 1 aromatic rings. The zero-order valence-corrected chi connectivity index (χ0v) is 15.6. The highest BCUT2D eigenvalue weighted by molar-refractivity contribution is 7.89. The second-order valence-corrected chi connectivity index (χ2v) is 8.45. The number of halogens is 1. The van der Waals surface area contributed by atoms with E-state index in [1.165, 1.54) is 22.6 Å². The summed E-state index contributed by atoms with van der Waals surface area (Å²) in [6, 6.07) is 2.80. The standard InChI is InChI=1S/C17H23FN2O5S/c1-3-13(10-18)12-25-15-5-4-14(11-19-15)26(23,24)20-8-6-17(2,7-9-20)16(21)22/h4-5,10-11H,3,6-9,12H2,1-2H3,(H,21,22)/b13-10-. The summed E-state index contributed by atoms with van der Waals surface area (Å²) in [7, 11) is -3.74. The quantitative estimate of drug-likeness (QED) is 0.774. The van der Waals surface area contributed by atoms with E-state index < -0.39 is 21.4 Å². The van der Waals surface area contributed by atoms with E-state index in [4.69, 9.17) is 4.74 Å². The Kier molecular flexibility index (Phi) is 6.35. The van der Waals surface area contributed by atoms with Crippen molar-refractivity contribution in [3.8, 4) is 5.88 Å². The van der Waals surface area contributed by atoms with E-state index in [1.807, 2.05) is 0 Å². The lowest BCUT2D eigenvalue weighted by Gasteiger charge is -2.35. The van der Waals surface area contributed by atoms with Crippen LogP contribution < -0.4 is 4.74 Å². The molecule has 0 unspecified atom stereocenters. The Morgan fingerprint density at radius 1 is 1.42 bits per heavy atom. The van der Waals surface area contributed by atoms with Gasteiger partial charge in [0.25, 0.3) is 0 Å². The van der Waals surface area contributed by atoms with Crippen molar-refractivity contribution in [2.75, 3.05) is 19.7 Å². The molecule has 1 aromatic heterocycles. The minimum Gasteiger partial charge on any atom is -0.481 e. The van der Waals surface area contributed by atoms with Gasteiger partial charge in [0, 0.05) is 19.2 Å². The van der Waals surface area contributed by atoms with Crippen LogP contribution in [0.2, 0.25) is 0 Å². The third-order valence-corrected chi connectivity index (χ3v) is 6.59. The van der Waals surface area contributed by atoms with Gasteiger partial charge in [-0.15, -0.1) is 0 Å². The topological polar surface area (TPSA) is 96.8 Å². The Labute approximate surface area is 152 Å². The van der Waals surface area contributed by atoms with Gasteiger partial charge in [-0.05, 0) is 37.8 Å². The highest BCUT2D eigenvalue weighted by Gasteiger charge is 2.40. The summed E-state index contributed by atoms with van der Waals surface area (Å²) in [4.78, 5) is 15.3. The molecule has 1 aliphatic heterocycles. The van der Waals surface area contributed by atoms with Gasteiger partial charge in [0.2, 0.25) is 15.9 Å². The van der Waals surface area contributed by atoms with Crippen LogP contribution in [0.4, 0.5) is 4.39 Å². The first-order chi connectivity index (χ1) is 12.2. The fourth-order valence-corrected chi connectivity index (χ4v) is 3.95. The Morgan fingerprint density at radius 3 is 2.54 bits per heavy atom. The summed E-state index contributed by atoms with van der Waals surface area (Å²) < 4.78 is 44.5. The second kappa shape index (κ2) is 8.13. The number of carboxylic acid groups (broad SMARTS) is 1. The number of sulfonamides is 1. The van der Waals surface area contributed by atoms with Gasteiger partial charge in [0.1, 0.15) is 11.5 Å². The number of rotatable bonds is 7. The van der Waals surface area contributed by atoms with Crippen molar-refractivity contribution in [2.24, 2.45) is 5.41 Å². The molecule has 0 radical (unpaired) electrons. The number of carboxylic acids is 1. The maximum atomic E-state index is 12.7. The number of nitrogens with zero attached hydrogens (tertiary/aromatic N) is 2. The highest BCUT2D eigenvalue weighted by atomic mass is 32.2. The Morgan fingerprint density at radius 2 is 2.08 bits per heavy atom. The maximum absolute atomic E-state index is 12.7. The molecule has 0 bridgehead atoms. The summed E-state index contributed by atoms with van der Waals surface area (Å²) in [5.41, 5.74) is -0.429. The van der Waals surface area contributed by atoms with Crippen molar-refractivity contribution in [3.05, 3.63) is 30.2 Å². The lowest BCUT2D eigenvalue weighted by atomic mass is 9.81. The molecule has 1 fully saturated rings. The van der Waals surface area contributed by atoms with Crippen molar-refractivity contribution in [2.45, 2.75) is 38.0 Å². The molecular formula is C17H23FN2O5S. The van der Waals surface area contributed by atoms with Crippen LogP contribution in [0.3, 0.4) is 0 Å². The molecule has 144 valence electrons. The number of pyridine rings is 1. The van der Waals surface area contributed by atoms with E-state index in [0.29, 0.717) is 18.3 Å². The minimum atomic E-state index is -3.74. The van der Waals surface area contributed by atoms with Crippen LogP contribution in [-0.4, -0.2) is 48.5 Å². The van der Waals surface area contributed by atoms with Crippen LogP contribution in [-0.2, 0) is 14.8 Å². The fraction of sp³-hybridized carbons (Fsp3) is 0.529. The number of hydrogen-bond donors (Lipinski definition) is 1. The molecule has 7 nitrogen and oxygen atoms in total. The van der Waals surface area contributed by atoms with Gasteiger partial charge >= 0.3 is 5.97 Å². The first-order valence-corrected chi connectivity index (χ1v) is 9.77. The fourth-order valence-electron chi connectivity index (χ4n) is 2.57. The van der Waals surface area contributed by atoms with E-state index in [2.05, 4.69) is 4.98 Å². The lowest BCUT2D eigenvalue weighted by Crippen LogP contribution is -2.45. The molecule has 0 saturated carbocycles. The van der Waals surface area contributed by atoms with Gasteiger partial charge in [-0.3, -0.25) is 4.79 Å². The maximum Gasteiger partial charge on any atom is 0.309 e. The third kappa shape index (κ3) is 4.39. The average molecular weight is 386 g/mol. The first-order valence-electron chi connectivity index (χ1n) is 8.33. The van der Waals surface area contributed by atoms with E-state index in [0.717, 1.165) is 0 Å². The Balaban J connectivity index is 2.05. The highest BCUT2D eigenvalue weighted by Crippen LogP contribution is 2.33. The summed E-state index contributed by atoms with van der Waals surface area (Å²) in [6.07, 6.45) is 2.70. The number of aliphatic carboxylic acids is 1. The van der Waals surface area contributed by atoms with Gasteiger partial charge < -0.3 is 9.84 Å². The second-order valence-electron chi connectivity index (χ2n) is 6.51. The van der Waals surface area contributed by atoms with Crippen LogP contribution in [0.5, 0.6) is 5.88 Å². The van der Waals surface area contributed by atoms with Crippen LogP contribution >= 0.6 is 0 Å². The summed E-state index contributed by atoms with van der Waals surface area (Å²) >= 11 is 0. The van der Waals surface area contributed by atoms with Crippen molar-refractivity contribution in [3.63, 3.8) is 0 Å². The van der Waals surface area contributed by atoms with Crippen molar-refractivity contribution in [1.29, 1.82) is 0 Å². The van der Waals surface area contributed by atoms with Crippen LogP contribution in [0, 0.1) is 5.41 Å². The molecule has 9 heteroatoms. The average Bonchev–Trinajstić information content (AvgIpc) is 2.63. The SMILES string of the molecule is CC/C(=C/F)COc1ccc(S(=O)(=O)N2CCC(C)(C(=O)O)CC2)cn1. The predicted octanol–water partition coefficient (Wildman–Crippen LogP) is 2.60.